The van der Waals surface area contributed by atoms with Gasteiger partial charge < -0.3 is 9.80 Å². The van der Waals surface area contributed by atoms with Gasteiger partial charge in [0.05, 0.1) is 0 Å². The Bertz CT molecular complexity index is 401. The highest BCUT2D eigenvalue weighted by Crippen LogP contribution is 2.28. The van der Waals surface area contributed by atoms with Gasteiger partial charge in [-0.2, -0.15) is 0 Å². The Balaban J connectivity index is 2.08. The van der Waals surface area contributed by atoms with Crippen molar-refractivity contribution < 1.29 is 0 Å². The fourth-order valence-corrected chi connectivity index (χ4v) is 3.83. The van der Waals surface area contributed by atoms with Gasteiger partial charge in [-0.05, 0) is 50.7 Å². The summed E-state index contributed by atoms with van der Waals surface area (Å²) in [6.45, 7) is 2.41. The fourth-order valence-electron chi connectivity index (χ4n) is 2.46. The second-order valence-electron chi connectivity index (χ2n) is 5.05. The van der Waals surface area contributed by atoms with Crippen molar-refractivity contribution in [3.63, 3.8) is 0 Å². The number of rotatable bonds is 3. The normalized spacial score (nSPS) is 18.0. The zero-order valence-electron chi connectivity index (χ0n) is 11.0. The van der Waals surface area contributed by atoms with Crippen molar-refractivity contribution in [2.75, 3.05) is 32.1 Å². The first-order valence-electron chi connectivity index (χ1n) is 6.37. The molecule has 2 rings (SSSR count). The number of alkyl halides is 1. The fraction of sp³-hybridized carbons (Fsp3) is 0.571. The summed E-state index contributed by atoms with van der Waals surface area (Å²) >= 11 is 7.15. The van der Waals surface area contributed by atoms with Crippen molar-refractivity contribution in [3.8, 4) is 0 Å². The van der Waals surface area contributed by atoms with Gasteiger partial charge in [-0.25, -0.2) is 0 Å². The predicted octanol–water partition coefficient (Wildman–Crippen LogP) is 3.87. The van der Waals surface area contributed by atoms with Crippen LogP contribution in [0, 0.1) is 0 Å². The maximum Gasteiger partial charge on any atom is 0.0377 e. The monoisotopic (exact) mass is 374 g/mol. The van der Waals surface area contributed by atoms with Crippen LogP contribution >= 0.6 is 31.9 Å². The van der Waals surface area contributed by atoms with Crippen LogP contribution in [0.2, 0.25) is 0 Å². The molecule has 1 fully saturated rings. The lowest BCUT2D eigenvalue weighted by Gasteiger charge is -2.36. The summed E-state index contributed by atoms with van der Waals surface area (Å²) in [4.78, 5) is 4.84. The molecule has 2 nitrogen and oxygen atoms in total. The molecular weight excluding hydrogens is 356 g/mol. The minimum atomic E-state index is 0.669. The predicted molar refractivity (Wildman–Crippen MR) is 85.7 cm³/mol. The first-order chi connectivity index (χ1) is 8.61. The third-order valence-electron chi connectivity index (χ3n) is 3.82. The van der Waals surface area contributed by atoms with Crippen molar-refractivity contribution in [2.24, 2.45) is 0 Å². The van der Waals surface area contributed by atoms with Crippen molar-refractivity contribution in [1.82, 2.24) is 4.90 Å². The molecule has 100 valence electrons. The van der Waals surface area contributed by atoms with Crippen LogP contribution in [0.4, 0.5) is 5.69 Å². The number of nitrogens with zero attached hydrogens (tertiary/aromatic N) is 2. The maximum absolute atomic E-state index is 3.64. The van der Waals surface area contributed by atoms with Crippen molar-refractivity contribution >= 4 is 37.5 Å². The minimum Gasteiger partial charge on any atom is -0.371 e. The summed E-state index contributed by atoms with van der Waals surface area (Å²) in [6.07, 6.45) is 2.51. The largest absolute Gasteiger partial charge is 0.371 e. The van der Waals surface area contributed by atoms with Crippen LogP contribution in [0.3, 0.4) is 0 Å². The van der Waals surface area contributed by atoms with Crippen molar-refractivity contribution in [3.05, 3.63) is 28.2 Å². The molecular formula is C14H20Br2N2. The molecule has 0 saturated carbocycles. The smallest absolute Gasteiger partial charge is 0.0377 e. The van der Waals surface area contributed by atoms with Crippen molar-refractivity contribution in [2.45, 2.75) is 24.2 Å². The number of hydrogen-bond donors (Lipinski definition) is 0. The van der Waals surface area contributed by atoms with E-state index in [-0.39, 0.29) is 0 Å². The van der Waals surface area contributed by atoms with Gasteiger partial charge in [0.15, 0.2) is 0 Å². The lowest BCUT2D eigenvalue weighted by molar-refractivity contribution is 0.253. The molecule has 0 N–H and O–H groups in total. The van der Waals surface area contributed by atoms with Gasteiger partial charge in [0.2, 0.25) is 0 Å². The highest BCUT2D eigenvalue weighted by molar-refractivity contribution is 9.10. The van der Waals surface area contributed by atoms with Gasteiger partial charge >= 0.3 is 0 Å². The van der Waals surface area contributed by atoms with E-state index in [1.54, 1.807) is 0 Å². The molecule has 18 heavy (non-hydrogen) atoms. The number of likely N-dealkylation sites (tertiary alicyclic amines) is 1. The van der Waals surface area contributed by atoms with E-state index in [1.807, 2.05) is 0 Å². The quantitative estimate of drug-likeness (QED) is 0.739. The standard InChI is InChI=1S/C14H20Br2N2/c1-17-7-5-12(6-8-17)18(2)13-4-3-11(10-15)14(16)9-13/h3-4,9,12H,5-8,10H2,1-2H3. The number of hydrogen-bond acceptors (Lipinski definition) is 2. The molecule has 0 aliphatic carbocycles. The molecule has 1 aliphatic rings. The van der Waals surface area contributed by atoms with Gasteiger partial charge in [-0.15, -0.1) is 0 Å². The number of benzene rings is 1. The molecule has 0 aromatic heterocycles. The lowest BCUT2D eigenvalue weighted by Crippen LogP contribution is -2.41. The van der Waals surface area contributed by atoms with E-state index in [0.717, 1.165) is 5.33 Å². The third-order valence-corrected chi connectivity index (χ3v) is 5.17. The Morgan fingerprint density at radius 3 is 2.56 bits per heavy atom. The van der Waals surface area contributed by atoms with Crippen LogP contribution in [0.15, 0.2) is 22.7 Å². The van der Waals surface area contributed by atoms with Gasteiger partial charge in [0.25, 0.3) is 0 Å². The van der Waals surface area contributed by atoms with Crippen LogP contribution in [-0.2, 0) is 5.33 Å². The molecule has 1 aromatic carbocycles. The first kappa shape index (κ1) is 14.4. The van der Waals surface area contributed by atoms with E-state index >= 15 is 0 Å². The number of piperidine rings is 1. The minimum absolute atomic E-state index is 0.669. The second kappa shape index (κ2) is 6.40. The highest BCUT2D eigenvalue weighted by atomic mass is 79.9. The molecule has 1 aromatic rings. The summed E-state index contributed by atoms with van der Waals surface area (Å²) in [6, 6.07) is 7.32. The van der Waals surface area contributed by atoms with Crippen LogP contribution in [-0.4, -0.2) is 38.1 Å². The van der Waals surface area contributed by atoms with Crippen LogP contribution in [0.25, 0.3) is 0 Å². The molecule has 0 atom stereocenters. The summed E-state index contributed by atoms with van der Waals surface area (Å²) in [5.41, 5.74) is 2.61. The van der Waals surface area contributed by atoms with Gasteiger partial charge in [0.1, 0.15) is 0 Å². The molecule has 0 radical (unpaired) electrons. The van der Waals surface area contributed by atoms with Crippen molar-refractivity contribution in [1.29, 1.82) is 0 Å². The topological polar surface area (TPSA) is 6.48 Å². The maximum atomic E-state index is 3.64. The van der Waals surface area contributed by atoms with E-state index in [0.29, 0.717) is 6.04 Å². The zero-order chi connectivity index (χ0) is 13.1. The summed E-state index contributed by atoms with van der Waals surface area (Å²) < 4.78 is 1.19. The van der Waals surface area contributed by atoms with E-state index in [2.05, 4.69) is 74.0 Å². The third kappa shape index (κ3) is 3.28. The van der Waals surface area contributed by atoms with E-state index < -0.39 is 0 Å². The average molecular weight is 376 g/mol. The van der Waals surface area contributed by atoms with E-state index in [1.165, 1.54) is 41.7 Å². The first-order valence-corrected chi connectivity index (χ1v) is 8.29. The molecule has 0 unspecified atom stereocenters. The SMILES string of the molecule is CN1CCC(N(C)c2ccc(CBr)c(Br)c2)CC1. The lowest BCUT2D eigenvalue weighted by atomic mass is 10.0. The Labute approximate surface area is 127 Å². The average Bonchev–Trinajstić information content (AvgIpc) is 2.38. The Morgan fingerprint density at radius 2 is 2.00 bits per heavy atom. The molecule has 4 heteroatoms. The number of halogens is 2. The van der Waals surface area contributed by atoms with E-state index in [4.69, 9.17) is 0 Å². The summed E-state index contributed by atoms with van der Waals surface area (Å²) in [5.74, 6) is 0. The van der Waals surface area contributed by atoms with Gasteiger partial charge in [-0.3, -0.25) is 0 Å². The molecule has 1 saturated heterocycles. The Kier molecular flexibility index (Phi) is 5.10. The van der Waals surface area contributed by atoms with Gasteiger partial charge in [0, 0.05) is 28.6 Å². The van der Waals surface area contributed by atoms with Crippen LogP contribution in [0.5, 0.6) is 0 Å². The van der Waals surface area contributed by atoms with Crippen LogP contribution in [0.1, 0.15) is 18.4 Å². The second-order valence-corrected chi connectivity index (χ2v) is 6.47. The molecule has 1 heterocycles. The highest BCUT2D eigenvalue weighted by Gasteiger charge is 2.21. The van der Waals surface area contributed by atoms with Gasteiger partial charge in [-0.1, -0.05) is 37.9 Å². The van der Waals surface area contributed by atoms with Crippen LogP contribution < -0.4 is 4.90 Å². The molecule has 0 amide bonds. The Morgan fingerprint density at radius 1 is 1.33 bits per heavy atom. The zero-order valence-corrected chi connectivity index (χ0v) is 14.2. The molecule has 0 bridgehead atoms. The summed E-state index contributed by atoms with van der Waals surface area (Å²) in [5, 5.41) is 0.895. The Hall–Kier alpha value is -0.0600. The van der Waals surface area contributed by atoms with E-state index in [9.17, 15) is 0 Å². The summed E-state index contributed by atoms with van der Waals surface area (Å²) in [7, 11) is 4.42. The number of anilines is 1. The molecule has 0 spiro atoms. The molecule has 1 aliphatic heterocycles.